The second kappa shape index (κ2) is 7.51. The first-order valence-corrected chi connectivity index (χ1v) is 9.66. The van der Waals surface area contributed by atoms with E-state index in [2.05, 4.69) is 34.1 Å². The van der Waals surface area contributed by atoms with Crippen LogP contribution in [0.5, 0.6) is 0 Å². The molecule has 0 spiro atoms. The first kappa shape index (κ1) is 17.8. The molecular weight excluding hydrogens is 338 g/mol. The summed E-state index contributed by atoms with van der Waals surface area (Å²) in [6.45, 7) is 8.33. The minimum absolute atomic E-state index is 0.0284. The zero-order valence-corrected chi connectivity index (χ0v) is 15.8. The van der Waals surface area contributed by atoms with Crippen LogP contribution in [0.3, 0.4) is 0 Å². The maximum absolute atomic E-state index is 12.4. The third-order valence-electron chi connectivity index (χ3n) is 4.45. The molecule has 136 valence electrons. The topological polar surface area (TPSA) is 79.6 Å². The molecule has 3 rings (SSSR count). The quantitative estimate of drug-likeness (QED) is 0.877. The maximum atomic E-state index is 12.4. The molecule has 1 fully saturated rings. The van der Waals surface area contributed by atoms with Crippen LogP contribution in [-0.2, 0) is 4.79 Å². The van der Waals surface area contributed by atoms with Crippen molar-refractivity contribution in [1.82, 2.24) is 19.9 Å². The molecular formula is C17H25N5O2S. The van der Waals surface area contributed by atoms with E-state index < -0.39 is 0 Å². The highest BCUT2D eigenvalue weighted by Gasteiger charge is 2.27. The van der Waals surface area contributed by atoms with Crippen LogP contribution in [0.1, 0.15) is 38.8 Å². The average molecular weight is 363 g/mol. The Morgan fingerprint density at radius 2 is 2.28 bits per heavy atom. The third kappa shape index (κ3) is 4.18. The van der Waals surface area contributed by atoms with E-state index in [1.165, 1.54) is 21.9 Å². The van der Waals surface area contributed by atoms with E-state index in [-0.39, 0.29) is 17.4 Å². The highest BCUT2D eigenvalue weighted by atomic mass is 32.1. The summed E-state index contributed by atoms with van der Waals surface area (Å²) >= 11 is 1.40. The first-order valence-electron chi connectivity index (χ1n) is 8.84. The number of nitrogens with zero attached hydrogens (tertiary/aromatic N) is 4. The van der Waals surface area contributed by atoms with Gasteiger partial charge in [-0.2, -0.15) is 4.52 Å². The zero-order chi connectivity index (χ0) is 18.0. The number of nitrogens with one attached hydrogen (secondary N) is 1. The summed E-state index contributed by atoms with van der Waals surface area (Å²) in [4.78, 5) is 31.5. The Morgan fingerprint density at radius 1 is 1.48 bits per heavy atom. The number of aryl methyl sites for hydroxylation is 1. The Hall–Kier alpha value is -1.96. The Bertz CT molecular complexity index is 813. The summed E-state index contributed by atoms with van der Waals surface area (Å²) in [6.07, 6.45) is 2.83. The van der Waals surface area contributed by atoms with E-state index in [9.17, 15) is 9.59 Å². The second-order valence-electron chi connectivity index (χ2n) is 7.07. The summed E-state index contributed by atoms with van der Waals surface area (Å²) in [6, 6.07) is 1.48. The normalized spacial score (nSPS) is 18.1. The van der Waals surface area contributed by atoms with E-state index in [1.54, 1.807) is 6.92 Å². The molecule has 2 aromatic heterocycles. The van der Waals surface area contributed by atoms with Crippen molar-refractivity contribution in [2.45, 2.75) is 40.0 Å². The lowest BCUT2D eigenvalue weighted by molar-refractivity contribution is -0.125. The molecule has 1 aliphatic heterocycles. The average Bonchev–Trinajstić information content (AvgIpc) is 2.99. The molecule has 1 N–H and O–H groups in total. The molecule has 0 aromatic carbocycles. The van der Waals surface area contributed by atoms with Crippen molar-refractivity contribution in [3.63, 3.8) is 0 Å². The van der Waals surface area contributed by atoms with E-state index in [0.29, 0.717) is 23.1 Å². The molecule has 1 amide bonds. The maximum Gasteiger partial charge on any atom is 0.275 e. The van der Waals surface area contributed by atoms with Crippen LogP contribution in [0.25, 0.3) is 4.96 Å². The molecule has 3 heterocycles. The SMILES string of the molecule is Cc1cc(=O)n2nc(N3CCC[C@@H](C(=O)NCCC(C)C)C3)sc2n1. The van der Waals surface area contributed by atoms with Crippen molar-refractivity contribution in [3.8, 4) is 0 Å². The molecule has 0 radical (unpaired) electrons. The minimum Gasteiger partial charge on any atom is -0.356 e. The van der Waals surface area contributed by atoms with Crippen LogP contribution in [-0.4, -0.2) is 40.1 Å². The summed E-state index contributed by atoms with van der Waals surface area (Å²) in [5.41, 5.74) is 0.534. The highest BCUT2D eigenvalue weighted by Crippen LogP contribution is 2.26. The predicted octanol–water partition coefficient (Wildman–Crippen LogP) is 1.84. The number of aromatic nitrogens is 3. The van der Waals surface area contributed by atoms with Crippen molar-refractivity contribution in [3.05, 3.63) is 22.1 Å². The molecule has 8 heteroatoms. The molecule has 2 aromatic rings. The molecule has 1 aliphatic rings. The molecule has 1 atom stereocenters. The van der Waals surface area contributed by atoms with Crippen molar-refractivity contribution >= 4 is 27.3 Å². The van der Waals surface area contributed by atoms with Gasteiger partial charge in [0.15, 0.2) is 0 Å². The number of piperidine rings is 1. The Labute approximate surface area is 151 Å². The van der Waals surface area contributed by atoms with E-state index in [4.69, 9.17) is 0 Å². The number of hydrogen-bond donors (Lipinski definition) is 1. The van der Waals surface area contributed by atoms with Crippen LogP contribution in [0.2, 0.25) is 0 Å². The van der Waals surface area contributed by atoms with Gasteiger partial charge >= 0.3 is 0 Å². The summed E-state index contributed by atoms with van der Waals surface area (Å²) < 4.78 is 1.35. The van der Waals surface area contributed by atoms with Gasteiger partial charge in [-0.1, -0.05) is 25.2 Å². The van der Waals surface area contributed by atoms with Gasteiger partial charge < -0.3 is 10.2 Å². The van der Waals surface area contributed by atoms with Crippen LogP contribution in [0, 0.1) is 18.8 Å². The molecule has 0 bridgehead atoms. The Morgan fingerprint density at radius 3 is 3.04 bits per heavy atom. The van der Waals surface area contributed by atoms with Gasteiger partial charge in [0, 0.05) is 31.4 Å². The molecule has 0 aliphatic carbocycles. The Kier molecular flexibility index (Phi) is 5.36. The molecule has 0 unspecified atom stereocenters. The molecule has 1 saturated heterocycles. The van der Waals surface area contributed by atoms with Crippen molar-refractivity contribution in [2.75, 3.05) is 24.5 Å². The fourth-order valence-electron chi connectivity index (χ4n) is 3.03. The predicted molar refractivity (Wildman–Crippen MR) is 99.3 cm³/mol. The third-order valence-corrected chi connectivity index (χ3v) is 5.42. The molecule has 7 nitrogen and oxygen atoms in total. The van der Waals surface area contributed by atoms with Gasteiger partial charge in [0.2, 0.25) is 16.0 Å². The number of carbonyl (C=O) groups excluding carboxylic acids is 1. The Balaban J connectivity index is 1.70. The van der Waals surface area contributed by atoms with E-state index >= 15 is 0 Å². The monoisotopic (exact) mass is 363 g/mol. The largest absolute Gasteiger partial charge is 0.356 e. The van der Waals surface area contributed by atoms with E-state index in [0.717, 1.165) is 37.5 Å². The van der Waals surface area contributed by atoms with Crippen LogP contribution in [0.15, 0.2) is 10.9 Å². The van der Waals surface area contributed by atoms with Crippen LogP contribution in [0.4, 0.5) is 5.13 Å². The second-order valence-corrected chi connectivity index (χ2v) is 8.01. The van der Waals surface area contributed by atoms with Gasteiger partial charge in [0.1, 0.15) is 0 Å². The highest BCUT2D eigenvalue weighted by molar-refractivity contribution is 7.20. The first-order chi connectivity index (χ1) is 11.9. The smallest absolute Gasteiger partial charge is 0.275 e. The number of carbonyl (C=O) groups is 1. The lowest BCUT2D eigenvalue weighted by Crippen LogP contribution is -2.43. The number of rotatable bonds is 5. The van der Waals surface area contributed by atoms with Crippen molar-refractivity contribution in [1.29, 1.82) is 0 Å². The number of fused-ring (bicyclic) bond motifs is 1. The van der Waals surface area contributed by atoms with Crippen LogP contribution < -0.4 is 15.8 Å². The van der Waals surface area contributed by atoms with E-state index in [1.807, 2.05) is 0 Å². The standard InChI is InChI=1S/C17H25N5O2S/c1-11(2)6-7-18-15(24)13-5-4-8-21(10-13)17-20-22-14(23)9-12(3)19-16(22)25-17/h9,11,13H,4-8,10H2,1-3H3,(H,18,24)/t13-/m1/s1. The van der Waals surface area contributed by atoms with Gasteiger partial charge in [-0.25, -0.2) is 4.98 Å². The van der Waals surface area contributed by atoms with Crippen molar-refractivity contribution in [2.24, 2.45) is 11.8 Å². The zero-order valence-electron chi connectivity index (χ0n) is 15.0. The van der Waals surface area contributed by atoms with Gasteiger partial charge in [0.25, 0.3) is 5.56 Å². The van der Waals surface area contributed by atoms with Crippen LogP contribution >= 0.6 is 11.3 Å². The summed E-state index contributed by atoms with van der Waals surface area (Å²) in [5.74, 6) is 0.678. The van der Waals surface area contributed by atoms with Gasteiger partial charge in [-0.15, -0.1) is 5.10 Å². The summed E-state index contributed by atoms with van der Waals surface area (Å²) in [5, 5.41) is 8.22. The fraction of sp³-hybridized carbons (Fsp3) is 0.647. The number of amides is 1. The number of hydrogen-bond acceptors (Lipinski definition) is 6. The lowest BCUT2D eigenvalue weighted by Gasteiger charge is -2.31. The van der Waals surface area contributed by atoms with Gasteiger partial charge in [-0.3, -0.25) is 9.59 Å². The lowest BCUT2D eigenvalue weighted by atomic mass is 9.97. The van der Waals surface area contributed by atoms with Gasteiger partial charge in [0.05, 0.1) is 5.92 Å². The minimum atomic E-state index is -0.162. The fourth-order valence-corrected chi connectivity index (χ4v) is 4.02. The number of anilines is 1. The molecule has 0 saturated carbocycles. The van der Waals surface area contributed by atoms with Gasteiger partial charge in [-0.05, 0) is 32.1 Å². The summed E-state index contributed by atoms with van der Waals surface area (Å²) in [7, 11) is 0. The van der Waals surface area contributed by atoms with Crippen molar-refractivity contribution < 1.29 is 4.79 Å². The molecule has 25 heavy (non-hydrogen) atoms.